The monoisotopic (exact) mass is 247 g/mol. The van der Waals surface area contributed by atoms with Gasteiger partial charge in [-0.25, -0.2) is 0 Å². The van der Waals surface area contributed by atoms with Gasteiger partial charge in [-0.15, -0.1) is 0 Å². The van der Waals surface area contributed by atoms with Crippen LogP contribution in [0.5, 0.6) is 0 Å². The number of fused-ring (bicyclic) bond motifs is 1. The smallest absolute Gasteiger partial charge is 0.0622 e. The van der Waals surface area contributed by atoms with E-state index >= 15 is 0 Å². The number of rotatable bonds is 4. The Morgan fingerprint density at radius 3 is 2.78 bits per heavy atom. The molecule has 0 heterocycles. The zero-order valence-corrected chi connectivity index (χ0v) is 11.8. The highest BCUT2D eigenvalue weighted by Crippen LogP contribution is 2.36. The van der Waals surface area contributed by atoms with E-state index in [9.17, 15) is 0 Å². The molecule has 0 fully saturated rings. The summed E-state index contributed by atoms with van der Waals surface area (Å²) in [5.41, 5.74) is 9.18. The highest BCUT2D eigenvalue weighted by Gasteiger charge is 2.28. The molecule has 2 heteroatoms. The van der Waals surface area contributed by atoms with Crippen LogP contribution in [0, 0.1) is 5.92 Å². The molecule has 0 bridgehead atoms. The summed E-state index contributed by atoms with van der Waals surface area (Å²) in [5.74, 6) is 0.592. The number of hydrogen-bond donors (Lipinski definition) is 1. The first-order valence-corrected chi connectivity index (χ1v) is 6.92. The summed E-state index contributed by atoms with van der Waals surface area (Å²) >= 11 is 0. The van der Waals surface area contributed by atoms with Crippen molar-refractivity contribution in [2.45, 2.75) is 51.2 Å². The molecule has 0 amide bonds. The molecule has 2 unspecified atom stereocenters. The molecule has 0 aliphatic heterocycles. The molecule has 1 aromatic rings. The lowest BCUT2D eigenvalue weighted by Crippen LogP contribution is -2.30. The predicted molar refractivity (Wildman–Crippen MR) is 75.5 cm³/mol. The Morgan fingerprint density at radius 1 is 1.33 bits per heavy atom. The molecule has 1 aliphatic carbocycles. The van der Waals surface area contributed by atoms with Crippen LogP contribution in [0.2, 0.25) is 0 Å². The third kappa shape index (κ3) is 2.93. The largest absolute Gasteiger partial charge is 0.379 e. The van der Waals surface area contributed by atoms with Crippen molar-refractivity contribution < 1.29 is 4.74 Å². The highest BCUT2D eigenvalue weighted by molar-refractivity contribution is 5.32. The second-order valence-corrected chi connectivity index (χ2v) is 6.03. The van der Waals surface area contributed by atoms with Crippen LogP contribution >= 0.6 is 0 Å². The summed E-state index contributed by atoms with van der Waals surface area (Å²) in [7, 11) is 1.79. The van der Waals surface area contributed by atoms with Gasteiger partial charge in [-0.2, -0.15) is 0 Å². The van der Waals surface area contributed by atoms with E-state index in [1.165, 1.54) is 24.0 Å². The summed E-state index contributed by atoms with van der Waals surface area (Å²) in [5, 5.41) is 0. The fraction of sp³-hybridized carbons (Fsp3) is 0.625. The maximum atomic E-state index is 6.42. The van der Waals surface area contributed by atoms with Crippen LogP contribution in [0.3, 0.4) is 0 Å². The van der Waals surface area contributed by atoms with Crippen LogP contribution in [0.25, 0.3) is 0 Å². The van der Waals surface area contributed by atoms with Gasteiger partial charge in [0.25, 0.3) is 0 Å². The molecule has 18 heavy (non-hydrogen) atoms. The molecule has 0 spiro atoms. The molecular weight excluding hydrogens is 222 g/mol. The summed E-state index contributed by atoms with van der Waals surface area (Å²) in [6.07, 6.45) is 4.60. The third-order valence-electron chi connectivity index (χ3n) is 4.38. The van der Waals surface area contributed by atoms with Crippen LogP contribution in [-0.2, 0) is 11.2 Å². The molecule has 0 saturated carbocycles. The van der Waals surface area contributed by atoms with Gasteiger partial charge in [0.1, 0.15) is 0 Å². The standard InChI is InChI=1S/C16H25NO/c1-16(2,18-3)11-10-13-9-8-12-6-4-5-7-14(12)15(13)17/h4-7,13,15H,8-11,17H2,1-3H3. The van der Waals surface area contributed by atoms with Crippen LogP contribution in [0.1, 0.15) is 50.3 Å². The quantitative estimate of drug-likeness (QED) is 0.884. The van der Waals surface area contributed by atoms with Gasteiger partial charge in [-0.3, -0.25) is 0 Å². The summed E-state index contributed by atoms with van der Waals surface area (Å²) in [6, 6.07) is 8.81. The number of nitrogens with two attached hydrogens (primary N) is 1. The van der Waals surface area contributed by atoms with Crippen LogP contribution in [0.15, 0.2) is 24.3 Å². The number of hydrogen-bond acceptors (Lipinski definition) is 2. The zero-order valence-electron chi connectivity index (χ0n) is 11.8. The van der Waals surface area contributed by atoms with Gasteiger partial charge in [0.15, 0.2) is 0 Å². The van der Waals surface area contributed by atoms with Crippen LogP contribution in [0.4, 0.5) is 0 Å². The summed E-state index contributed by atoms with van der Waals surface area (Å²) < 4.78 is 5.49. The van der Waals surface area contributed by atoms with Gasteiger partial charge < -0.3 is 10.5 Å². The normalized spacial score (nSPS) is 23.8. The van der Waals surface area contributed by atoms with Gasteiger partial charge in [0, 0.05) is 13.2 Å². The Labute approximate surface area is 111 Å². The highest BCUT2D eigenvalue weighted by atomic mass is 16.5. The molecule has 2 nitrogen and oxygen atoms in total. The third-order valence-corrected chi connectivity index (χ3v) is 4.38. The number of ether oxygens (including phenoxy) is 1. The van der Waals surface area contributed by atoms with Crippen molar-refractivity contribution >= 4 is 0 Å². The summed E-state index contributed by atoms with van der Waals surface area (Å²) in [6.45, 7) is 4.30. The van der Waals surface area contributed by atoms with Crippen molar-refractivity contribution in [1.82, 2.24) is 0 Å². The Bertz CT molecular complexity index is 400. The topological polar surface area (TPSA) is 35.2 Å². The number of methoxy groups -OCH3 is 1. The fourth-order valence-corrected chi connectivity index (χ4v) is 2.82. The van der Waals surface area contributed by atoms with E-state index in [-0.39, 0.29) is 11.6 Å². The Kier molecular flexibility index (Phi) is 4.08. The fourth-order valence-electron chi connectivity index (χ4n) is 2.82. The molecule has 2 N–H and O–H groups in total. The Balaban J connectivity index is 2.01. The van der Waals surface area contributed by atoms with Crippen LogP contribution in [-0.4, -0.2) is 12.7 Å². The van der Waals surface area contributed by atoms with Gasteiger partial charge >= 0.3 is 0 Å². The maximum absolute atomic E-state index is 6.42. The van der Waals surface area contributed by atoms with Crippen molar-refractivity contribution in [3.05, 3.63) is 35.4 Å². The number of aryl methyl sites for hydroxylation is 1. The molecule has 1 aromatic carbocycles. The molecule has 1 aliphatic rings. The minimum Gasteiger partial charge on any atom is -0.379 e. The predicted octanol–water partition coefficient (Wildman–Crippen LogP) is 3.45. The molecule has 2 rings (SSSR count). The molecule has 0 aromatic heterocycles. The first-order chi connectivity index (χ1) is 8.53. The maximum Gasteiger partial charge on any atom is 0.0622 e. The van der Waals surface area contributed by atoms with Gasteiger partial charge in [0.2, 0.25) is 0 Å². The molecule has 100 valence electrons. The van der Waals surface area contributed by atoms with E-state index in [0.717, 1.165) is 12.8 Å². The molecule has 0 saturated heterocycles. The molecule has 0 radical (unpaired) electrons. The molecular formula is C16H25NO. The van der Waals surface area contributed by atoms with E-state index in [1.54, 1.807) is 7.11 Å². The zero-order chi connectivity index (χ0) is 13.2. The lowest BCUT2D eigenvalue weighted by atomic mass is 9.77. The average molecular weight is 247 g/mol. The first kappa shape index (κ1) is 13.6. The van der Waals surface area contributed by atoms with Crippen molar-refractivity contribution in [2.24, 2.45) is 11.7 Å². The van der Waals surface area contributed by atoms with Crippen molar-refractivity contribution in [1.29, 1.82) is 0 Å². The van der Waals surface area contributed by atoms with Gasteiger partial charge in [0.05, 0.1) is 5.60 Å². The van der Waals surface area contributed by atoms with Crippen molar-refractivity contribution in [3.63, 3.8) is 0 Å². The van der Waals surface area contributed by atoms with Crippen molar-refractivity contribution in [3.8, 4) is 0 Å². The Morgan fingerprint density at radius 2 is 2.06 bits per heavy atom. The SMILES string of the molecule is COC(C)(C)CCC1CCc2ccccc2C1N. The second-order valence-electron chi connectivity index (χ2n) is 6.03. The lowest BCUT2D eigenvalue weighted by molar-refractivity contribution is 0.00891. The average Bonchev–Trinajstić information content (AvgIpc) is 2.38. The van der Waals surface area contributed by atoms with E-state index in [1.807, 2.05) is 0 Å². The van der Waals surface area contributed by atoms with Gasteiger partial charge in [-0.05, 0) is 56.6 Å². The Hall–Kier alpha value is -0.860. The second kappa shape index (κ2) is 5.41. The summed E-state index contributed by atoms with van der Waals surface area (Å²) in [4.78, 5) is 0. The minimum absolute atomic E-state index is 0.0311. The van der Waals surface area contributed by atoms with E-state index in [2.05, 4.69) is 38.1 Å². The van der Waals surface area contributed by atoms with E-state index < -0.39 is 0 Å². The van der Waals surface area contributed by atoms with Crippen molar-refractivity contribution in [2.75, 3.05) is 7.11 Å². The van der Waals surface area contributed by atoms with E-state index in [4.69, 9.17) is 10.5 Å². The van der Waals surface area contributed by atoms with Gasteiger partial charge in [-0.1, -0.05) is 24.3 Å². The molecule has 2 atom stereocenters. The first-order valence-electron chi connectivity index (χ1n) is 6.92. The minimum atomic E-state index is -0.0311. The van der Waals surface area contributed by atoms with E-state index in [0.29, 0.717) is 5.92 Å². The van der Waals surface area contributed by atoms with Crippen LogP contribution < -0.4 is 5.73 Å². The lowest BCUT2D eigenvalue weighted by Gasteiger charge is -2.33. The number of benzene rings is 1.